The van der Waals surface area contributed by atoms with Crippen LogP contribution in [0, 0.1) is 13.8 Å². The number of nitrogens with zero attached hydrogens (tertiary/aromatic N) is 1. The molecule has 5 nitrogen and oxygen atoms in total. The molecule has 1 aliphatic rings. The zero-order chi connectivity index (χ0) is 15.9. The third-order valence-electron chi connectivity index (χ3n) is 3.69. The van der Waals surface area contributed by atoms with E-state index in [1.807, 2.05) is 6.92 Å². The smallest absolute Gasteiger partial charge is 0.423 e. The van der Waals surface area contributed by atoms with E-state index in [-0.39, 0.29) is 10.8 Å². The van der Waals surface area contributed by atoms with Crippen molar-refractivity contribution in [2.24, 2.45) is 0 Å². The number of hydrogen-bond acceptors (Lipinski definition) is 5. The van der Waals surface area contributed by atoms with Crippen molar-refractivity contribution < 1.29 is 18.1 Å². The fraction of sp³-hybridized carbons (Fsp3) is 0.267. The quantitative estimate of drug-likeness (QED) is 0.851. The minimum atomic E-state index is -3.53. The molecule has 0 saturated heterocycles. The fourth-order valence-electron chi connectivity index (χ4n) is 2.67. The van der Waals surface area contributed by atoms with Crippen LogP contribution >= 0.6 is 0 Å². The van der Waals surface area contributed by atoms with Crippen LogP contribution in [0.1, 0.15) is 22.3 Å². The molecule has 22 heavy (non-hydrogen) atoms. The van der Waals surface area contributed by atoms with Crippen molar-refractivity contribution in [3.63, 3.8) is 0 Å². The third-order valence-corrected chi connectivity index (χ3v) is 5.42. The van der Waals surface area contributed by atoms with E-state index in [9.17, 15) is 13.4 Å². The van der Waals surface area contributed by atoms with Gasteiger partial charge in [-0.1, -0.05) is 24.3 Å². The molecule has 0 saturated carbocycles. The monoisotopic (exact) mass is 317 g/mol. The van der Waals surface area contributed by atoms with Crippen LogP contribution in [0.15, 0.2) is 35.5 Å². The van der Waals surface area contributed by atoms with Crippen LogP contribution in [-0.2, 0) is 26.9 Å². The van der Waals surface area contributed by atoms with Gasteiger partial charge in [-0.15, -0.1) is 0 Å². The highest BCUT2D eigenvalue weighted by Gasteiger charge is 2.28. The summed E-state index contributed by atoms with van der Waals surface area (Å²) in [5, 5.41) is 9.82. The van der Waals surface area contributed by atoms with E-state index in [1.54, 1.807) is 37.4 Å². The average molecular weight is 317 g/mol. The molecule has 3 rings (SSSR count). The average Bonchev–Trinajstić information content (AvgIpc) is 2.79. The van der Waals surface area contributed by atoms with Crippen LogP contribution in [0.25, 0.3) is 0 Å². The second-order valence-electron chi connectivity index (χ2n) is 5.59. The van der Waals surface area contributed by atoms with E-state index in [1.165, 1.54) is 0 Å². The molecule has 2 heterocycles. The Balaban J connectivity index is 1.93. The highest BCUT2D eigenvalue weighted by atomic mass is 32.2. The summed E-state index contributed by atoms with van der Waals surface area (Å²) in [5.74, 6) is -0.149. The highest BCUT2D eigenvalue weighted by Crippen LogP contribution is 2.20. The first-order valence-electron chi connectivity index (χ1n) is 6.94. The number of rotatable bonds is 3. The second kappa shape index (κ2) is 5.50. The van der Waals surface area contributed by atoms with Gasteiger partial charge < -0.3 is 9.68 Å². The summed E-state index contributed by atoms with van der Waals surface area (Å²) in [6, 6.07) is 7.04. The van der Waals surface area contributed by atoms with Gasteiger partial charge in [0.15, 0.2) is 14.9 Å². The Hall–Kier alpha value is -1.70. The number of benzene rings is 1. The van der Waals surface area contributed by atoms with Crippen LogP contribution < -0.4 is 5.46 Å². The Bertz CT molecular complexity index is 835. The summed E-state index contributed by atoms with van der Waals surface area (Å²) >= 11 is 0. The van der Waals surface area contributed by atoms with Gasteiger partial charge in [0, 0.05) is 6.20 Å². The van der Waals surface area contributed by atoms with Crippen LogP contribution in [0.5, 0.6) is 0 Å². The lowest BCUT2D eigenvalue weighted by molar-refractivity contribution is 0.275. The Kier molecular flexibility index (Phi) is 3.80. The lowest BCUT2D eigenvalue weighted by Crippen LogP contribution is -2.28. The van der Waals surface area contributed by atoms with Crippen molar-refractivity contribution in [3.05, 3.63) is 52.7 Å². The first-order valence-corrected chi connectivity index (χ1v) is 8.59. The molecule has 0 fully saturated rings. The summed E-state index contributed by atoms with van der Waals surface area (Å²) in [6.45, 7) is 3.97. The predicted octanol–water partition coefficient (Wildman–Crippen LogP) is 0.890. The maximum absolute atomic E-state index is 12.6. The molecule has 0 aliphatic carbocycles. The van der Waals surface area contributed by atoms with Crippen molar-refractivity contribution in [2.75, 3.05) is 0 Å². The third kappa shape index (κ3) is 2.79. The SMILES string of the molecule is Cc1cnc(S(=O)(=O)Cc2ccc3c(c2)B(O)OC3)c(C)c1. The van der Waals surface area contributed by atoms with E-state index in [0.717, 1.165) is 11.1 Å². The predicted molar refractivity (Wildman–Crippen MR) is 83.4 cm³/mol. The highest BCUT2D eigenvalue weighted by molar-refractivity contribution is 7.90. The van der Waals surface area contributed by atoms with Crippen molar-refractivity contribution in [2.45, 2.75) is 31.2 Å². The number of hydrogen-bond donors (Lipinski definition) is 1. The molecule has 1 aromatic carbocycles. The molecule has 114 valence electrons. The lowest BCUT2D eigenvalue weighted by Gasteiger charge is -2.09. The molecule has 0 spiro atoms. The largest absolute Gasteiger partial charge is 0.491 e. The molecular weight excluding hydrogens is 301 g/mol. The standard InChI is InChI=1S/C15H16BNO4S/c1-10-5-11(2)15(17-7-10)22(19,20)9-12-3-4-13-8-21-16(18)14(13)6-12/h3-7,18H,8-9H2,1-2H3. The first-order chi connectivity index (χ1) is 10.4. The molecule has 0 unspecified atom stereocenters. The van der Waals surface area contributed by atoms with Gasteiger partial charge in [0.1, 0.15) is 0 Å². The Morgan fingerprint density at radius 2 is 2.09 bits per heavy atom. The van der Waals surface area contributed by atoms with Gasteiger partial charge in [-0.25, -0.2) is 13.4 Å². The van der Waals surface area contributed by atoms with Crippen LogP contribution in [-0.4, -0.2) is 25.5 Å². The van der Waals surface area contributed by atoms with Gasteiger partial charge in [0.25, 0.3) is 0 Å². The van der Waals surface area contributed by atoms with E-state index >= 15 is 0 Å². The number of aromatic nitrogens is 1. The zero-order valence-corrected chi connectivity index (χ0v) is 13.2. The molecular formula is C15H16BNO4S. The molecule has 0 amide bonds. The van der Waals surface area contributed by atoms with E-state index in [0.29, 0.717) is 23.2 Å². The van der Waals surface area contributed by atoms with E-state index in [2.05, 4.69) is 4.98 Å². The fourth-order valence-corrected chi connectivity index (χ4v) is 4.19. The zero-order valence-electron chi connectivity index (χ0n) is 12.4. The molecule has 1 aliphatic heterocycles. The number of aryl methyl sites for hydroxylation is 2. The molecule has 2 aromatic rings. The minimum absolute atomic E-state index is 0.107. The summed E-state index contributed by atoms with van der Waals surface area (Å²) in [6.07, 6.45) is 1.56. The normalized spacial score (nSPS) is 14.2. The topological polar surface area (TPSA) is 76.5 Å². The van der Waals surface area contributed by atoms with Crippen molar-refractivity contribution in [3.8, 4) is 0 Å². The summed E-state index contributed by atoms with van der Waals surface area (Å²) in [5.41, 5.74) is 3.71. The van der Waals surface area contributed by atoms with E-state index in [4.69, 9.17) is 4.65 Å². The van der Waals surface area contributed by atoms with Gasteiger partial charge in [-0.2, -0.15) is 0 Å². The Morgan fingerprint density at radius 3 is 2.82 bits per heavy atom. The lowest BCUT2D eigenvalue weighted by atomic mass is 9.79. The van der Waals surface area contributed by atoms with Gasteiger partial charge in [0.2, 0.25) is 0 Å². The number of pyridine rings is 1. The van der Waals surface area contributed by atoms with Crippen LogP contribution in [0.4, 0.5) is 0 Å². The first kappa shape index (κ1) is 15.2. The molecule has 0 radical (unpaired) electrons. The maximum Gasteiger partial charge on any atom is 0.491 e. The van der Waals surface area contributed by atoms with Crippen LogP contribution in [0.3, 0.4) is 0 Å². The van der Waals surface area contributed by atoms with Gasteiger partial charge in [-0.05, 0) is 41.6 Å². The van der Waals surface area contributed by atoms with Gasteiger partial charge in [-0.3, -0.25) is 0 Å². The molecule has 1 aromatic heterocycles. The Morgan fingerprint density at radius 1 is 1.32 bits per heavy atom. The summed E-state index contributed by atoms with van der Waals surface area (Å²) in [4.78, 5) is 4.07. The minimum Gasteiger partial charge on any atom is -0.423 e. The van der Waals surface area contributed by atoms with Crippen molar-refractivity contribution in [1.82, 2.24) is 4.98 Å². The van der Waals surface area contributed by atoms with Crippen LogP contribution in [0.2, 0.25) is 0 Å². The van der Waals surface area contributed by atoms with Crippen molar-refractivity contribution >= 4 is 22.4 Å². The number of fused-ring (bicyclic) bond motifs is 1. The molecule has 0 atom stereocenters. The van der Waals surface area contributed by atoms with Crippen molar-refractivity contribution in [1.29, 1.82) is 0 Å². The van der Waals surface area contributed by atoms with Gasteiger partial charge in [0.05, 0.1) is 12.4 Å². The Labute approximate surface area is 130 Å². The summed E-state index contributed by atoms with van der Waals surface area (Å²) in [7, 11) is -4.50. The number of sulfone groups is 1. The maximum atomic E-state index is 12.6. The van der Waals surface area contributed by atoms with E-state index < -0.39 is 17.0 Å². The summed E-state index contributed by atoms with van der Waals surface area (Å²) < 4.78 is 30.2. The molecule has 1 N–H and O–H groups in total. The molecule has 0 bridgehead atoms. The second-order valence-corrected chi connectivity index (χ2v) is 7.50. The molecule has 7 heteroatoms. The van der Waals surface area contributed by atoms with Gasteiger partial charge >= 0.3 is 7.12 Å².